The van der Waals surface area contributed by atoms with Crippen molar-refractivity contribution in [1.29, 1.82) is 0 Å². The topological polar surface area (TPSA) is 168 Å². The maximum Gasteiger partial charge on any atom is 0.0914 e. The zero-order valence-corrected chi connectivity index (χ0v) is 81.9. The van der Waals surface area contributed by atoms with Crippen LogP contribution in [0, 0.1) is 28.6 Å². The van der Waals surface area contributed by atoms with Crippen LogP contribution in [0.5, 0.6) is 0 Å². The number of piperidine rings is 1. The van der Waals surface area contributed by atoms with Crippen LogP contribution in [0.2, 0.25) is 0 Å². The predicted octanol–water partition coefficient (Wildman–Crippen LogP) is 21.6. The van der Waals surface area contributed by atoms with Crippen LogP contribution in [0.1, 0.15) is 383 Å². The van der Waals surface area contributed by atoms with Gasteiger partial charge in [0.1, 0.15) is 0 Å². The zero-order chi connectivity index (χ0) is 86.7. The molecular formula is C97H204N12O2. The van der Waals surface area contributed by atoms with Gasteiger partial charge in [-0.15, -0.1) is 0 Å². The smallest absolute Gasteiger partial charge is 0.0914 e. The van der Waals surface area contributed by atoms with E-state index in [0.29, 0.717) is 41.1 Å². The summed E-state index contributed by atoms with van der Waals surface area (Å²) in [6.45, 7) is 99.1. The Morgan fingerprint density at radius 1 is 0.423 bits per heavy atom. The minimum Gasteiger partial charge on any atom is -0.396 e. The van der Waals surface area contributed by atoms with E-state index in [4.69, 9.17) is 5.11 Å². The molecule has 111 heavy (non-hydrogen) atoms. The van der Waals surface area contributed by atoms with Gasteiger partial charge in [-0.25, -0.2) is 0 Å². The van der Waals surface area contributed by atoms with Gasteiger partial charge in [0.05, 0.1) is 6.10 Å². The Labute approximate surface area is 696 Å². The van der Waals surface area contributed by atoms with Crippen LogP contribution in [0.15, 0.2) is 54.9 Å². The Bertz CT molecular complexity index is 2250. The van der Waals surface area contributed by atoms with Gasteiger partial charge in [-0.2, -0.15) is 0 Å². The molecule has 0 radical (unpaired) electrons. The van der Waals surface area contributed by atoms with E-state index in [1.54, 1.807) is 0 Å². The fourth-order valence-electron chi connectivity index (χ4n) is 11.6. The van der Waals surface area contributed by atoms with Crippen molar-refractivity contribution in [3.63, 3.8) is 0 Å². The van der Waals surface area contributed by atoms with E-state index in [0.717, 1.165) is 88.4 Å². The van der Waals surface area contributed by atoms with Crippen LogP contribution in [-0.4, -0.2) is 180 Å². The molecule has 1 aliphatic carbocycles. The summed E-state index contributed by atoms with van der Waals surface area (Å²) in [6.07, 6.45) is 27.4. The largest absolute Gasteiger partial charge is 0.396 e. The lowest BCUT2D eigenvalue weighted by Gasteiger charge is -2.27. The highest BCUT2D eigenvalue weighted by molar-refractivity contribution is 5.17. The summed E-state index contributed by atoms with van der Waals surface area (Å²) < 4.78 is 0. The highest BCUT2D eigenvalue weighted by Gasteiger charge is 2.20. The number of aliphatic hydroxyl groups is 2. The van der Waals surface area contributed by atoms with Gasteiger partial charge < -0.3 is 67.9 Å². The summed E-state index contributed by atoms with van der Waals surface area (Å²) in [5.41, 5.74) is 5.20. The molecule has 3 fully saturated rings. The Hall–Kier alpha value is -2.15. The van der Waals surface area contributed by atoms with E-state index in [1.807, 2.05) is 42.7 Å². The Kier molecular flexibility index (Phi) is 68.5. The molecule has 14 heteroatoms. The van der Waals surface area contributed by atoms with Gasteiger partial charge in [0.25, 0.3) is 0 Å². The fraction of sp³-hybridized carbons (Fsp3) is 0.887. The molecule has 2 saturated heterocycles. The van der Waals surface area contributed by atoms with Crippen molar-refractivity contribution < 1.29 is 10.2 Å². The maximum absolute atomic E-state index is 9.82. The monoisotopic (exact) mass is 1570 g/mol. The fourth-order valence-corrected chi connectivity index (χ4v) is 11.6. The number of β-amino-alcohol motifs (C(OH)–C–C–N with tert-alkyl or cyclic N) is 1. The highest BCUT2D eigenvalue weighted by Crippen LogP contribution is 2.27. The van der Waals surface area contributed by atoms with E-state index in [-0.39, 0.29) is 33.2 Å². The van der Waals surface area contributed by atoms with Gasteiger partial charge in [-0.3, -0.25) is 4.98 Å². The minimum absolute atomic E-state index is 0.0513. The van der Waals surface area contributed by atoms with Gasteiger partial charge >= 0.3 is 0 Å². The van der Waals surface area contributed by atoms with E-state index in [1.165, 1.54) is 148 Å². The number of benzene rings is 1. The molecule has 0 bridgehead atoms. The van der Waals surface area contributed by atoms with Crippen molar-refractivity contribution in [2.45, 2.75) is 428 Å². The molecule has 1 unspecified atom stereocenters. The average Bonchev–Trinajstić information content (AvgIpc) is 1.17. The lowest BCUT2D eigenvalue weighted by Crippen LogP contribution is -2.40. The molecule has 3 aliphatic rings. The summed E-state index contributed by atoms with van der Waals surface area (Å²) in [4.78, 5) is 9.15. The lowest BCUT2D eigenvalue weighted by molar-refractivity contribution is 0.163. The van der Waals surface area contributed by atoms with E-state index in [2.05, 4.69) is 331 Å². The first-order valence-electron chi connectivity index (χ1n) is 45.1. The summed E-state index contributed by atoms with van der Waals surface area (Å²) >= 11 is 0. The van der Waals surface area contributed by atoms with Crippen molar-refractivity contribution in [3.8, 4) is 0 Å². The summed E-state index contributed by atoms with van der Waals surface area (Å²) in [5.74, 6) is 2.66. The summed E-state index contributed by atoms with van der Waals surface area (Å²) in [5, 5.41) is 49.1. The molecule has 664 valence electrons. The predicted molar refractivity (Wildman–Crippen MR) is 501 cm³/mol. The number of nitrogens with one attached hydrogen (secondary N) is 9. The molecule has 1 aromatic carbocycles. The molecule has 1 aromatic heterocycles. The van der Waals surface area contributed by atoms with E-state index >= 15 is 0 Å². The Morgan fingerprint density at radius 2 is 0.811 bits per heavy atom. The molecular weight excluding hydrogens is 1370 g/mol. The number of unbranched alkanes of at least 4 members (excludes halogenated alkanes) is 1. The highest BCUT2D eigenvalue weighted by atomic mass is 16.3. The third-order valence-electron chi connectivity index (χ3n) is 17.7. The molecule has 14 nitrogen and oxygen atoms in total. The van der Waals surface area contributed by atoms with Crippen LogP contribution in [0.25, 0.3) is 0 Å². The number of nitrogens with zero attached hydrogens (tertiary/aromatic N) is 3. The van der Waals surface area contributed by atoms with Crippen molar-refractivity contribution in [3.05, 3.63) is 66.0 Å². The molecule has 1 saturated carbocycles. The van der Waals surface area contributed by atoms with Gasteiger partial charge in [-0.1, -0.05) is 165 Å². The van der Waals surface area contributed by atoms with Crippen molar-refractivity contribution in [2.75, 3.05) is 105 Å². The third kappa shape index (κ3) is 106. The number of hydrogen-bond acceptors (Lipinski definition) is 14. The number of hydrogen-bond donors (Lipinski definition) is 11. The molecule has 2 aromatic rings. The van der Waals surface area contributed by atoms with Crippen molar-refractivity contribution in [1.82, 2.24) is 62.6 Å². The van der Waals surface area contributed by atoms with Crippen LogP contribution >= 0.6 is 0 Å². The van der Waals surface area contributed by atoms with Gasteiger partial charge in [0, 0.05) is 82.4 Å². The number of pyridine rings is 1. The van der Waals surface area contributed by atoms with Crippen molar-refractivity contribution in [2.24, 2.45) is 28.6 Å². The lowest BCUT2D eigenvalue weighted by atomic mass is 9.84. The Morgan fingerprint density at radius 3 is 1.14 bits per heavy atom. The first-order chi connectivity index (χ1) is 50.7. The Balaban J connectivity index is -0.000000377. The molecule has 3 heterocycles. The first kappa shape index (κ1) is 117. The molecule has 0 spiro atoms. The minimum atomic E-state index is -0.421. The molecule has 0 amide bonds. The van der Waals surface area contributed by atoms with Gasteiger partial charge in [-0.05, 0) is 374 Å². The van der Waals surface area contributed by atoms with Crippen LogP contribution < -0.4 is 47.9 Å². The second-order valence-electron chi connectivity index (χ2n) is 43.6. The van der Waals surface area contributed by atoms with Gasteiger partial charge in [0.15, 0.2) is 0 Å². The van der Waals surface area contributed by atoms with Crippen LogP contribution in [0.3, 0.4) is 0 Å². The standard InChI is InChI=1S/C12H26N2.C12H19NO.C12H25N.C11H24N2.C10H16N2.C9H21N.C9H20.C8H19NO.C8H19N.C6H15N/c1-12(2,3)13-8-7-11-14-9-5-4-6-10-14;1-12(2,3)13-9-11(14)10-7-5-4-6-8-10;1-12(2,3)13-10-9-11-7-5-4-6-8-11;1-11(2,3)12-7-6-10-13-8-4-5-9-13;1-9(2)12-8-5-10-3-6-11-7-4-10;1-8(2,3)7-10-9(4,5)6;1-6-8(2)7-9(3,4)5;1-8(2,3)9-6-4-5-7-10;1-7(2)6-9-8(3,4)5;1-5-7-6(2,3)4/h13H,4-11H2,1-3H3;4-8,11,13-14H,9H2,1-3H3;11,13H,4-10H2,1-3H3;12H,4-10H2,1-3H3;3-4,6-7,9,12H,5,8H2,1-2H3;10H,7H2,1-6H3;8H,6-7H2,1-5H3;9-10H,4-7H2,1-3H3;7,9H,6H2,1-5H3;7H,5H2,1-4H3/t;11-;;;;;;;;/m.0......../s1. The SMILES string of the molecule is CC(C)(C)CNC(C)(C)C.CC(C)(C)NCCC1CCCCC1.CC(C)(C)NCCCCO.CC(C)(C)NCCCN1CCCC1.CC(C)(C)NCCCN1CCCCC1.CC(C)(C)NC[C@H](O)c1ccccc1.CC(C)CNC(C)(C)C.CC(C)NCCc1ccncc1.CCC(C)CC(C)(C)C.CCNC(C)(C)C. The van der Waals surface area contributed by atoms with Crippen LogP contribution in [0.4, 0.5) is 0 Å². The second-order valence-corrected chi connectivity index (χ2v) is 43.6. The third-order valence-corrected chi connectivity index (χ3v) is 17.7. The summed E-state index contributed by atoms with van der Waals surface area (Å²) in [7, 11) is 0. The zero-order valence-electron chi connectivity index (χ0n) is 81.9. The summed E-state index contributed by atoms with van der Waals surface area (Å²) in [6, 6.07) is 14.4. The number of aromatic nitrogens is 1. The molecule has 2 atom stereocenters. The number of aliphatic hydroxyl groups excluding tert-OH is 2. The normalized spacial score (nSPS) is 15.5. The molecule has 11 N–H and O–H groups in total. The first-order valence-corrected chi connectivity index (χ1v) is 45.1. The van der Waals surface area contributed by atoms with E-state index in [9.17, 15) is 5.11 Å². The number of rotatable bonds is 28. The van der Waals surface area contributed by atoms with E-state index < -0.39 is 6.10 Å². The maximum atomic E-state index is 9.82. The second kappa shape index (κ2) is 64.8. The average molecular weight is 1570 g/mol. The number of likely N-dealkylation sites (tertiary alicyclic amines) is 2. The van der Waals surface area contributed by atoms with Gasteiger partial charge in [0.2, 0.25) is 0 Å². The molecule has 5 rings (SSSR count). The molecule has 2 aliphatic heterocycles. The van der Waals surface area contributed by atoms with Crippen molar-refractivity contribution >= 4 is 0 Å². The van der Waals surface area contributed by atoms with Crippen LogP contribution in [-0.2, 0) is 6.42 Å². The quantitative estimate of drug-likeness (QED) is 0.0364.